The van der Waals surface area contributed by atoms with Crippen LogP contribution in [0.3, 0.4) is 0 Å². The normalized spacial score (nSPS) is 22.7. The van der Waals surface area contributed by atoms with E-state index in [1.54, 1.807) is 13.8 Å². The number of ether oxygens (including phenoxy) is 2. The molecule has 2 aliphatic heterocycles. The number of carboxylic acid groups (broad SMARTS) is 1. The number of aromatic amines is 1. The highest BCUT2D eigenvalue weighted by atomic mass is 16.7. The molecule has 432 valence electrons. The molecule has 0 aromatic carbocycles. The standard InChI is InChI=1S/C45H73N13O19/c1-18(2)31(55-29(63)14-49-37(68)24(46)11-23-13-48-17-50-23)42(73)56-32(20(4)61)43(74)54-26(15-59)39(70)51-19(3)44(75)58-10-8-9-27(58)40(71)53-25(12-30(64)65)38(69)57-33(41(72)47-7)21(5)76-45-34(52-22(6)62)36(67)35(66)28(16-60)77-45/h13,17-21,24-28,31-36,45,59-61,66-67H,8-12,14-16,46H2,1-7H3,(H,47,72)(H,48,50)(H,49,68)(H,51,70)(H,52,62)(H,53,71)(H,54,74)(H,55,63)(H,56,73)(H,57,69)(H,64,65)/t19-,20?,21?,24-,25-,26-,27-,28?,31-,32-,33-,34?,35-,36?,45-/m0/s1. The number of H-pyrrole nitrogens is 1. The second-order valence-electron chi connectivity index (χ2n) is 18.8. The van der Waals surface area contributed by atoms with Crippen molar-refractivity contribution >= 4 is 65.0 Å². The lowest BCUT2D eigenvalue weighted by Gasteiger charge is -2.43. The number of carbonyl (C=O) groups is 11. The van der Waals surface area contributed by atoms with Gasteiger partial charge >= 0.3 is 5.97 Å². The summed E-state index contributed by atoms with van der Waals surface area (Å²) in [6.07, 6.45) is -7.30. The number of carbonyl (C=O) groups excluding carboxylic acids is 10. The molecule has 0 radical (unpaired) electrons. The van der Waals surface area contributed by atoms with Crippen LogP contribution in [0.4, 0.5) is 0 Å². The molecule has 32 heteroatoms. The number of carboxylic acids is 1. The number of likely N-dealkylation sites (tertiary alicyclic amines) is 1. The molecule has 2 aliphatic rings. The lowest BCUT2D eigenvalue weighted by molar-refractivity contribution is -0.281. The number of rotatable bonds is 28. The second kappa shape index (κ2) is 30.1. The molecule has 3 heterocycles. The Morgan fingerprint density at radius 1 is 0.831 bits per heavy atom. The van der Waals surface area contributed by atoms with Crippen LogP contribution in [-0.2, 0) is 68.6 Å². The number of aromatic nitrogens is 2. The third kappa shape index (κ3) is 18.6. The van der Waals surface area contributed by atoms with Gasteiger partial charge in [-0.15, -0.1) is 0 Å². The molecule has 3 rings (SSSR count). The first-order chi connectivity index (χ1) is 36.1. The maximum absolute atomic E-state index is 13.8. The molecule has 0 saturated carbocycles. The number of aliphatic carboxylic acids is 1. The van der Waals surface area contributed by atoms with E-state index in [0.29, 0.717) is 5.69 Å². The van der Waals surface area contributed by atoms with E-state index in [1.807, 2.05) is 0 Å². The molecule has 18 N–H and O–H groups in total. The van der Waals surface area contributed by atoms with Crippen molar-refractivity contribution in [3.05, 3.63) is 18.2 Å². The molecule has 32 nitrogen and oxygen atoms in total. The van der Waals surface area contributed by atoms with Crippen LogP contribution in [0.2, 0.25) is 0 Å². The average Bonchev–Trinajstić information content (AvgIpc) is 4.09. The first-order valence-corrected chi connectivity index (χ1v) is 24.5. The fraction of sp³-hybridized carbons (Fsp3) is 0.689. The number of nitrogens with one attached hydrogen (secondary N) is 10. The first-order valence-electron chi connectivity index (χ1n) is 24.5. The molecule has 1 aromatic rings. The number of hydrogen-bond donors (Lipinski definition) is 17. The van der Waals surface area contributed by atoms with Gasteiger partial charge in [-0.1, -0.05) is 13.8 Å². The van der Waals surface area contributed by atoms with Crippen molar-refractivity contribution in [2.45, 2.75) is 158 Å². The average molecular weight is 1100 g/mol. The van der Waals surface area contributed by atoms with Gasteiger partial charge in [0.2, 0.25) is 59.1 Å². The molecule has 5 unspecified atom stereocenters. The summed E-state index contributed by atoms with van der Waals surface area (Å²) in [4.78, 5) is 151. The number of amides is 10. The molecule has 10 amide bonds. The van der Waals surface area contributed by atoms with Crippen molar-refractivity contribution in [1.29, 1.82) is 0 Å². The van der Waals surface area contributed by atoms with Crippen LogP contribution >= 0.6 is 0 Å². The summed E-state index contributed by atoms with van der Waals surface area (Å²) >= 11 is 0. The van der Waals surface area contributed by atoms with E-state index < -0.39 is 188 Å². The smallest absolute Gasteiger partial charge is 0.305 e. The maximum Gasteiger partial charge on any atom is 0.305 e. The van der Waals surface area contributed by atoms with Crippen LogP contribution in [0.25, 0.3) is 0 Å². The second-order valence-corrected chi connectivity index (χ2v) is 18.8. The Bertz CT molecular complexity index is 2240. The number of nitrogens with two attached hydrogens (primary N) is 1. The molecule has 0 aliphatic carbocycles. The quantitative estimate of drug-likeness (QED) is 0.0370. The van der Waals surface area contributed by atoms with E-state index in [0.717, 1.165) is 18.7 Å². The zero-order chi connectivity index (χ0) is 58.0. The first kappa shape index (κ1) is 64.3. The van der Waals surface area contributed by atoms with Gasteiger partial charge in [-0.2, -0.15) is 0 Å². The summed E-state index contributed by atoms with van der Waals surface area (Å²) in [5, 5.41) is 82.0. The third-order valence-corrected chi connectivity index (χ3v) is 12.4. The summed E-state index contributed by atoms with van der Waals surface area (Å²) < 4.78 is 11.4. The number of nitrogens with zero attached hydrogens (tertiary/aromatic N) is 2. The van der Waals surface area contributed by atoms with E-state index in [1.165, 1.54) is 33.4 Å². The minimum absolute atomic E-state index is 0.000683. The minimum Gasteiger partial charge on any atom is -0.481 e. The Balaban J connectivity index is 1.66. The number of aliphatic hydroxyl groups excluding tert-OH is 5. The van der Waals surface area contributed by atoms with Gasteiger partial charge in [0.25, 0.3) is 0 Å². The van der Waals surface area contributed by atoms with Gasteiger partial charge in [0.1, 0.15) is 66.6 Å². The van der Waals surface area contributed by atoms with Gasteiger partial charge in [-0.05, 0) is 39.5 Å². The largest absolute Gasteiger partial charge is 0.481 e. The summed E-state index contributed by atoms with van der Waals surface area (Å²) in [5.74, 6) is -11.5. The van der Waals surface area contributed by atoms with Gasteiger partial charge in [0, 0.05) is 38.8 Å². The van der Waals surface area contributed by atoms with Crippen molar-refractivity contribution in [3.8, 4) is 0 Å². The molecule has 0 bridgehead atoms. The summed E-state index contributed by atoms with van der Waals surface area (Å²) in [6.45, 7) is 5.35. The summed E-state index contributed by atoms with van der Waals surface area (Å²) in [6, 6.07) is -13.7. The fourth-order valence-corrected chi connectivity index (χ4v) is 8.15. The van der Waals surface area contributed by atoms with Gasteiger partial charge in [-0.25, -0.2) is 4.98 Å². The van der Waals surface area contributed by atoms with Crippen LogP contribution in [0.15, 0.2) is 12.5 Å². The molecule has 2 fully saturated rings. The van der Waals surface area contributed by atoms with Gasteiger partial charge in [0.05, 0.1) is 50.8 Å². The Morgan fingerprint density at radius 2 is 1.47 bits per heavy atom. The zero-order valence-electron chi connectivity index (χ0n) is 43.5. The highest BCUT2D eigenvalue weighted by Crippen LogP contribution is 2.24. The van der Waals surface area contributed by atoms with Crippen molar-refractivity contribution in [3.63, 3.8) is 0 Å². The van der Waals surface area contributed by atoms with Crippen LogP contribution < -0.4 is 53.6 Å². The van der Waals surface area contributed by atoms with Crippen LogP contribution in [0.1, 0.15) is 66.5 Å². The number of imidazole rings is 1. The van der Waals surface area contributed by atoms with E-state index in [2.05, 4.69) is 57.8 Å². The van der Waals surface area contributed by atoms with E-state index in [-0.39, 0.29) is 25.8 Å². The van der Waals surface area contributed by atoms with Crippen LogP contribution in [-0.4, -0.2) is 235 Å². The lowest BCUT2D eigenvalue weighted by atomic mass is 9.96. The molecule has 1 aromatic heterocycles. The Hall–Kier alpha value is -6.94. The van der Waals surface area contributed by atoms with Crippen LogP contribution in [0, 0.1) is 5.92 Å². The van der Waals surface area contributed by atoms with E-state index >= 15 is 0 Å². The molecular weight excluding hydrogens is 1030 g/mol. The van der Waals surface area contributed by atoms with Crippen LogP contribution in [0.5, 0.6) is 0 Å². The number of hydrogen-bond acceptors (Lipinski definition) is 20. The highest BCUT2D eigenvalue weighted by Gasteiger charge is 2.47. The van der Waals surface area contributed by atoms with Crippen molar-refractivity contribution in [2.24, 2.45) is 11.7 Å². The predicted octanol–water partition coefficient (Wildman–Crippen LogP) is -9.09. The number of aliphatic hydroxyl groups is 5. The van der Waals surface area contributed by atoms with Gasteiger partial charge in [0.15, 0.2) is 6.29 Å². The predicted molar refractivity (Wildman–Crippen MR) is 261 cm³/mol. The maximum atomic E-state index is 13.8. The SMILES string of the molecule is CNC(=O)[C@@H](NC(=O)[C@H](CC(=O)O)NC(=O)[C@@H]1CCCN1C(=O)[C@H](C)NC(=O)[C@H](CO)NC(=O)[C@@H](NC(=O)[C@@H](NC(=O)CNC(=O)[C@@H](N)Cc1cnc[nH]1)C(C)C)C(C)O)C(C)O[C@H]1OC(CO)[C@H](O)C(O)C1NC(C)=O. The van der Waals surface area contributed by atoms with Gasteiger partial charge < -0.3 is 104 Å². The Labute approximate surface area is 441 Å². The molecule has 0 spiro atoms. The van der Waals surface area contributed by atoms with E-state index in [4.69, 9.17) is 15.2 Å². The molecule has 15 atom stereocenters. The molecular formula is C45H73N13O19. The summed E-state index contributed by atoms with van der Waals surface area (Å²) in [7, 11) is 1.19. The zero-order valence-corrected chi connectivity index (χ0v) is 43.5. The molecule has 2 saturated heterocycles. The fourth-order valence-electron chi connectivity index (χ4n) is 8.15. The highest BCUT2D eigenvalue weighted by molar-refractivity contribution is 5.99. The number of likely N-dealkylation sites (N-methyl/N-ethyl adjacent to an activating group) is 1. The molecule has 77 heavy (non-hydrogen) atoms. The monoisotopic (exact) mass is 1100 g/mol. The Morgan fingerprint density at radius 3 is 2.03 bits per heavy atom. The Kier molecular flexibility index (Phi) is 25.2. The van der Waals surface area contributed by atoms with Crippen molar-refractivity contribution in [2.75, 3.05) is 33.4 Å². The van der Waals surface area contributed by atoms with Crippen molar-refractivity contribution in [1.82, 2.24) is 62.7 Å². The van der Waals surface area contributed by atoms with Crippen molar-refractivity contribution < 1.29 is 92.9 Å². The lowest BCUT2D eigenvalue weighted by Crippen LogP contribution is -2.66. The summed E-state index contributed by atoms with van der Waals surface area (Å²) in [5.41, 5.74) is 6.47. The topological polar surface area (TPSA) is 494 Å². The van der Waals surface area contributed by atoms with E-state index in [9.17, 15) is 83.4 Å². The third-order valence-electron chi connectivity index (χ3n) is 12.4. The minimum atomic E-state index is -1.88. The van der Waals surface area contributed by atoms with Gasteiger partial charge in [-0.3, -0.25) is 52.7 Å².